The Morgan fingerprint density at radius 3 is 2.61 bits per heavy atom. The van der Waals surface area contributed by atoms with Crippen LogP contribution in [0.3, 0.4) is 0 Å². The lowest BCUT2D eigenvalue weighted by molar-refractivity contribution is -0.141. The van der Waals surface area contributed by atoms with Gasteiger partial charge in [0.15, 0.2) is 11.5 Å². The monoisotopic (exact) mass is 772 g/mol. The Kier molecular flexibility index (Phi) is 10.4. The van der Waals surface area contributed by atoms with Gasteiger partial charge in [-0.3, -0.25) is 4.79 Å². The van der Waals surface area contributed by atoms with Crippen LogP contribution in [0.2, 0.25) is 0 Å². The lowest BCUT2D eigenvalue weighted by Gasteiger charge is -2.39. The van der Waals surface area contributed by atoms with E-state index < -0.39 is 6.10 Å². The molecule has 1 saturated carbocycles. The fourth-order valence-electron chi connectivity index (χ4n) is 9.93. The molecule has 4 atom stereocenters. The number of esters is 1. The molecule has 8 rings (SSSR count). The third-order valence-electron chi connectivity index (χ3n) is 12.4. The molecule has 1 fully saturated rings. The molecule has 11 heteroatoms. The number of phenolic OH excluding ortho intramolecular Hbond substituents is 2. The Bertz CT molecular complexity index is 2290. The van der Waals surface area contributed by atoms with E-state index in [0.29, 0.717) is 48.4 Å². The van der Waals surface area contributed by atoms with Gasteiger partial charge in [-0.25, -0.2) is 4.98 Å². The van der Waals surface area contributed by atoms with Gasteiger partial charge in [0.25, 0.3) is 0 Å². The Morgan fingerprint density at radius 1 is 1.07 bits per heavy atom. The van der Waals surface area contributed by atoms with Crippen LogP contribution in [0.25, 0.3) is 11.1 Å². The number of carbonyl (C=O) groups excluding carboxylic acids is 1. The number of aromatic nitrogens is 1. The normalized spacial score (nSPS) is 21.2. The number of aryl methyl sites for hydroxylation is 1. The Morgan fingerprint density at radius 2 is 1.88 bits per heavy atom. The summed E-state index contributed by atoms with van der Waals surface area (Å²) >= 11 is 0. The molecule has 4 bridgehead atoms. The number of nitrogens with zero attached hydrogens (tertiary/aromatic N) is 1. The number of ether oxygens (including phenoxy) is 4. The van der Waals surface area contributed by atoms with E-state index in [1.54, 1.807) is 19.2 Å². The van der Waals surface area contributed by atoms with E-state index in [1.807, 2.05) is 26.2 Å². The lowest BCUT2D eigenvalue weighted by atomic mass is 9.65. The van der Waals surface area contributed by atoms with Gasteiger partial charge in [-0.1, -0.05) is 25.0 Å². The third kappa shape index (κ3) is 6.99. The van der Waals surface area contributed by atoms with E-state index >= 15 is 0 Å². The van der Waals surface area contributed by atoms with Gasteiger partial charge in [-0.05, 0) is 117 Å². The van der Waals surface area contributed by atoms with Crippen molar-refractivity contribution in [2.24, 2.45) is 5.92 Å². The predicted molar refractivity (Wildman–Crippen MR) is 218 cm³/mol. The zero-order valence-corrected chi connectivity index (χ0v) is 33.4. The molecule has 0 radical (unpaired) electrons. The highest BCUT2D eigenvalue weighted by atomic mass is 16.5. The number of hydrogen-bond acceptors (Lipinski definition) is 11. The van der Waals surface area contributed by atoms with Crippen LogP contribution in [0.15, 0.2) is 42.5 Å². The van der Waals surface area contributed by atoms with Crippen molar-refractivity contribution in [1.82, 2.24) is 15.6 Å². The van der Waals surface area contributed by atoms with E-state index in [4.69, 9.17) is 29.7 Å². The number of fused-ring (bicyclic) bond motifs is 7. The minimum absolute atomic E-state index is 0.00586. The third-order valence-corrected chi connectivity index (χ3v) is 12.4. The zero-order valence-electron chi connectivity index (χ0n) is 33.4. The quantitative estimate of drug-likeness (QED) is 0.0949. The van der Waals surface area contributed by atoms with Gasteiger partial charge in [0.05, 0.1) is 13.0 Å². The zero-order chi connectivity index (χ0) is 40.0. The van der Waals surface area contributed by atoms with Gasteiger partial charge in [0.2, 0.25) is 0 Å². The number of nitrogens with one attached hydrogen (secondary N) is 2. The SMILES string of the molecule is CCc1cc2c(nc1N)C#CCc1cc(O)c(OC(CNC)CNC)cc1C1Oc3c(ccc4c3C3(CCC(C2)C3)Cc2cc(O)cc(OC)c2-4)C1COC(C)=O. The molecular formula is C46H52N4O7. The van der Waals surface area contributed by atoms with Gasteiger partial charge in [0.1, 0.15) is 47.6 Å². The van der Waals surface area contributed by atoms with Crippen LogP contribution < -0.4 is 30.6 Å². The minimum Gasteiger partial charge on any atom is -0.508 e. The molecule has 2 aliphatic heterocycles. The van der Waals surface area contributed by atoms with Crippen molar-refractivity contribution in [3.8, 4) is 51.7 Å². The molecule has 2 aliphatic carbocycles. The Balaban J connectivity index is 1.38. The van der Waals surface area contributed by atoms with Crippen molar-refractivity contribution in [2.45, 2.75) is 82.3 Å². The second-order valence-electron chi connectivity index (χ2n) is 16.1. The summed E-state index contributed by atoms with van der Waals surface area (Å²) in [6.07, 6.45) is 4.44. The molecule has 4 aromatic rings. The topological polar surface area (TPSA) is 157 Å². The molecule has 3 aromatic carbocycles. The van der Waals surface area contributed by atoms with Crippen molar-refractivity contribution in [1.29, 1.82) is 0 Å². The number of aromatic hydroxyl groups is 2. The maximum atomic E-state index is 12.4. The van der Waals surface area contributed by atoms with E-state index in [-0.39, 0.29) is 47.9 Å². The number of hydrogen-bond donors (Lipinski definition) is 5. The number of likely N-dealkylation sites (N-methyl/N-ethyl adjacent to an activating group) is 2. The van der Waals surface area contributed by atoms with E-state index in [9.17, 15) is 15.0 Å². The largest absolute Gasteiger partial charge is 0.508 e. The molecule has 6 N–H and O–H groups in total. The van der Waals surface area contributed by atoms with Crippen molar-refractivity contribution < 1.29 is 34.0 Å². The molecule has 4 unspecified atom stereocenters. The van der Waals surface area contributed by atoms with Crippen molar-refractivity contribution >= 4 is 11.8 Å². The van der Waals surface area contributed by atoms with Crippen LogP contribution in [-0.4, -0.2) is 68.2 Å². The fraction of sp³-hybridized carbons (Fsp3) is 0.435. The van der Waals surface area contributed by atoms with Gasteiger partial charge >= 0.3 is 5.97 Å². The first-order chi connectivity index (χ1) is 27.6. The fourth-order valence-corrected chi connectivity index (χ4v) is 9.93. The van der Waals surface area contributed by atoms with Gasteiger partial charge in [0, 0.05) is 60.2 Å². The number of anilines is 1. The number of benzene rings is 3. The molecule has 1 spiro atoms. The number of carbonyl (C=O) groups is 1. The highest BCUT2D eigenvalue weighted by Gasteiger charge is 2.51. The van der Waals surface area contributed by atoms with Gasteiger partial charge in [-0.15, -0.1) is 0 Å². The van der Waals surface area contributed by atoms with Gasteiger partial charge < -0.3 is 45.5 Å². The summed E-state index contributed by atoms with van der Waals surface area (Å²) in [6, 6.07) is 13.6. The van der Waals surface area contributed by atoms with Crippen LogP contribution >= 0.6 is 0 Å². The summed E-state index contributed by atoms with van der Waals surface area (Å²) in [5.41, 5.74) is 15.6. The van der Waals surface area contributed by atoms with Crippen molar-refractivity contribution in [2.75, 3.05) is 46.6 Å². The Labute approximate surface area is 334 Å². The number of nitrogen functional groups attached to an aromatic ring is 1. The molecule has 0 amide bonds. The number of rotatable bonds is 10. The predicted octanol–water partition coefficient (Wildman–Crippen LogP) is 6.02. The molecule has 11 nitrogen and oxygen atoms in total. The second kappa shape index (κ2) is 15.5. The van der Waals surface area contributed by atoms with Crippen LogP contribution in [0.1, 0.15) is 89.8 Å². The standard InChI is InChI=1S/C46H52N4O7/c1-6-27-15-29-14-26-12-13-46(20-26)21-30-16-31(52)18-40(54-5)41(30)34-11-10-33-36(24-55-25(2)51)43(57-44(33)42(34)46)35-19-39(56-32(22-48-3)23-49-4)38(53)17-28(35)8-7-9-37(29)50-45(27)47/h10-11,15-19,26,32,36,43,48-49,52-53H,6,8,12-14,20-24H2,1-5H3,(H2,47,50). The second-order valence-corrected chi connectivity index (χ2v) is 16.1. The lowest BCUT2D eigenvalue weighted by Crippen LogP contribution is -2.37. The summed E-state index contributed by atoms with van der Waals surface area (Å²) in [6.45, 7) is 4.71. The summed E-state index contributed by atoms with van der Waals surface area (Å²) < 4.78 is 25.5. The number of methoxy groups -OCH3 is 1. The van der Waals surface area contributed by atoms with E-state index in [1.165, 1.54) is 6.92 Å². The summed E-state index contributed by atoms with van der Waals surface area (Å²) in [4.78, 5) is 17.3. The average molecular weight is 773 g/mol. The molecule has 57 heavy (non-hydrogen) atoms. The number of phenols is 2. The summed E-state index contributed by atoms with van der Waals surface area (Å²) in [7, 11) is 5.36. The van der Waals surface area contributed by atoms with Crippen LogP contribution in [0, 0.1) is 17.8 Å². The van der Waals surface area contributed by atoms with E-state index in [0.717, 1.165) is 87.9 Å². The average Bonchev–Trinajstić information content (AvgIpc) is 3.75. The van der Waals surface area contributed by atoms with Crippen LogP contribution in [-0.2, 0) is 40.6 Å². The molecule has 1 aromatic heterocycles. The first kappa shape index (κ1) is 38.4. The first-order valence-corrected chi connectivity index (χ1v) is 20.0. The van der Waals surface area contributed by atoms with Crippen molar-refractivity contribution in [3.05, 3.63) is 87.1 Å². The maximum Gasteiger partial charge on any atom is 0.302 e. The Hall–Kier alpha value is -5.44. The number of nitrogens with two attached hydrogens (primary N) is 1. The molecule has 4 aliphatic rings. The highest BCUT2D eigenvalue weighted by molar-refractivity contribution is 5.84. The number of pyridine rings is 1. The molecule has 0 saturated heterocycles. The summed E-state index contributed by atoms with van der Waals surface area (Å²) in [5.74, 6) is 8.71. The molecule has 3 heterocycles. The first-order valence-electron chi connectivity index (χ1n) is 20.0. The molecular weight excluding hydrogens is 721 g/mol. The smallest absolute Gasteiger partial charge is 0.302 e. The van der Waals surface area contributed by atoms with E-state index in [2.05, 4.69) is 47.6 Å². The minimum atomic E-state index is -0.603. The maximum absolute atomic E-state index is 12.4. The van der Waals surface area contributed by atoms with Gasteiger partial charge in [-0.2, -0.15) is 0 Å². The van der Waals surface area contributed by atoms with Crippen molar-refractivity contribution in [3.63, 3.8) is 0 Å². The highest BCUT2D eigenvalue weighted by Crippen LogP contribution is 2.62. The summed E-state index contributed by atoms with van der Waals surface area (Å²) in [5, 5.41) is 28.7. The molecule has 298 valence electrons. The van der Waals surface area contributed by atoms with Crippen LogP contribution in [0.4, 0.5) is 5.82 Å². The van der Waals surface area contributed by atoms with Crippen LogP contribution in [0.5, 0.6) is 28.7 Å².